The Morgan fingerprint density at radius 3 is 2.84 bits per heavy atom. The van der Waals surface area contributed by atoms with Gasteiger partial charge in [-0.3, -0.25) is 10.1 Å². The Kier molecular flexibility index (Phi) is 6.66. The fourth-order valence-electron chi connectivity index (χ4n) is 1.65. The van der Waals surface area contributed by atoms with Crippen molar-refractivity contribution in [1.29, 1.82) is 0 Å². The third-order valence-corrected chi connectivity index (χ3v) is 3.83. The first-order valence-electron chi connectivity index (χ1n) is 6.20. The molecule has 106 valence electrons. The van der Waals surface area contributed by atoms with Crippen LogP contribution < -0.4 is 10.1 Å². The third kappa shape index (κ3) is 5.08. The van der Waals surface area contributed by atoms with E-state index in [2.05, 4.69) is 19.2 Å². The molecule has 0 heterocycles. The lowest BCUT2D eigenvalue weighted by Gasteiger charge is -2.14. The van der Waals surface area contributed by atoms with E-state index in [1.54, 1.807) is 19.2 Å². The third-order valence-electron chi connectivity index (χ3n) is 2.69. The molecule has 0 saturated heterocycles. The number of thioether (sulfide) groups is 1. The van der Waals surface area contributed by atoms with Crippen LogP contribution in [0.1, 0.15) is 19.4 Å². The zero-order valence-corrected chi connectivity index (χ0v) is 12.3. The number of benzene rings is 1. The summed E-state index contributed by atoms with van der Waals surface area (Å²) in [7, 11) is 1.57. The highest BCUT2D eigenvalue weighted by molar-refractivity contribution is 7.99. The number of ether oxygens (including phenoxy) is 1. The molecule has 1 unspecified atom stereocenters. The lowest BCUT2D eigenvalue weighted by Crippen LogP contribution is -2.27. The van der Waals surface area contributed by atoms with Crippen LogP contribution in [0.2, 0.25) is 0 Å². The standard InChI is InChI=1S/C13H20N2O3S/c1-4-19-9-10(2)14-8-11-7-12(15(16)17)5-6-13(11)18-3/h5-7,10,14H,4,8-9H2,1-3H3. The van der Waals surface area contributed by atoms with Gasteiger partial charge in [-0.1, -0.05) is 6.92 Å². The number of methoxy groups -OCH3 is 1. The molecule has 1 rings (SSSR count). The molecule has 0 bridgehead atoms. The average Bonchev–Trinajstić information content (AvgIpc) is 2.42. The highest BCUT2D eigenvalue weighted by Crippen LogP contribution is 2.23. The topological polar surface area (TPSA) is 64.4 Å². The maximum Gasteiger partial charge on any atom is 0.270 e. The van der Waals surface area contributed by atoms with Gasteiger partial charge in [0.15, 0.2) is 0 Å². The largest absolute Gasteiger partial charge is 0.496 e. The Morgan fingerprint density at radius 2 is 2.26 bits per heavy atom. The molecule has 0 saturated carbocycles. The number of nitrogens with one attached hydrogen (secondary N) is 1. The molecule has 19 heavy (non-hydrogen) atoms. The maximum atomic E-state index is 10.8. The second-order valence-corrected chi connectivity index (χ2v) is 5.51. The van der Waals surface area contributed by atoms with E-state index >= 15 is 0 Å². The van der Waals surface area contributed by atoms with Crippen LogP contribution in [0.5, 0.6) is 5.75 Å². The zero-order valence-electron chi connectivity index (χ0n) is 11.5. The summed E-state index contributed by atoms with van der Waals surface area (Å²) in [6.07, 6.45) is 0. The number of hydrogen-bond donors (Lipinski definition) is 1. The lowest BCUT2D eigenvalue weighted by atomic mass is 10.1. The minimum absolute atomic E-state index is 0.0909. The molecule has 1 N–H and O–H groups in total. The van der Waals surface area contributed by atoms with Crippen LogP contribution in [0.3, 0.4) is 0 Å². The van der Waals surface area contributed by atoms with E-state index in [0.717, 1.165) is 17.1 Å². The number of hydrogen-bond acceptors (Lipinski definition) is 5. The van der Waals surface area contributed by atoms with Crippen molar-refractivity contribution in [3.05, 3.63) is 33.9 Å². The summed E-state index contributed by atoms with van der Waals surface area (Å²) in [5.41, 5.74) is 0.901. The maximum absolute atomic E-state index is 10.8. The SMILES string of the molecule is CCSCC(C)NCc1cc([N+](=O)[O-])ccc1OC. The van der Waals surface area contributed by atoms with E-state index in [1.165, 1.54) is 6.07 Å². The number of nitro benzene ring substituents is 1. The molecule has 0 radical (unpaired) electrons. The van der Waals surface area contributed by atoms with Gasteiger partial charge in [0, 0.05) is 36.0 Å². The molecular weight excluding hydrogens is 264 g/mol. The first-order chi connectivity index (χ1) is 9.08. The predicted octanol–water partition coefficient (Wildman–Crippen LogP) is 2.83. The molecule has 0 aromatic heterocycles. The van der Waals surface area contributed by atoms with Crippen molar-refractivity contribution < 1.29 is 9.66 Å². The molecule has 0 aliphatic carbocycles. The van der Waals surface area contributed by atoms with Gasteiger partial charge in [0.25, 0.3) is 5.69 Å². The Balaban J connectivity index is 2.69. The van der Waals surface area contributed by atoms with Crippen molar-refractivity contribution in [1.82, 2.24) is 5.32 Å². The van der Waals surface area contributed by atoms with Crippen LogP contribution in [-0.4, -0.2) is 29.6 Å². The summed E-state index contributed by atoms with van der Waals surface area (Å²) in [5, 5.41) is 14.1. The zero-order chi connectivity index (χ0) is 14.3. The van der Waals surface area contributed by atoms with Crippen molar-refractivity contribution >= 4 is 17.4 Å². The smallest absolute Gasteiger partial charge is 0.270 e. The summed E-state index contributed by atoms with van der Waals surface area (Å²) in [6, 6.07) is 5.01. The van der Waals surface area contributed by atoms with Crippen LogP contribution >= 0.6 is 11.8 Å². The van der Waals surface area contributed by atoms with Gasteiger partial charge in [-0.2, -0.15) is 11.8 Å². The van der Waals surface area contributed by atoms with E-state index in [4.69, 9.17) is 4.74 Å². The van der Waals surface area contributed by atoms with Crippen LogP contribution in [-0.2, 0) is 6.54 Å². The molecule has 1 atom stereocenters. The Hall–Kier alpha value is -1.27. The molecule has 0 aliphatic rings. The molecule has 0 amide bonds. The number of nitro groups is 1. The van der Waals surface area contributed by atoms with Gasteiger partial charge in [-0.15, -0.1) is 0 Å². The molecule has 0 aliphatic heterocycles. The van der Waals surface area contributed by atoms with Crippen LogP contribution in [0.15, 0.2) is 18.2 Å². The summed E-state index contributed by atoms with van der Waals surface area (Å²) in [6.45, 7) is 4.80. The van der Waals surface area contributed by atoms with Crippen LogP contribution in [0, 0.1) is 10.1 Å². The van der Waals surface area contributed by atoms with Gasteiger partial charge in [0.1, 0.15) is 5.75 Å². The quantitative estimate of drug-likeness (QED) is 0.587. The fraction of sp³-hybridized carbons (Fsp3) is 0.538. The van der Waals surface area contributed by atoms with Crippen molar-refractivity contribution in [3.63, 3.8) is 0 Å². The molecular formula is C13H20N2O3S. The summed E-state index contributed by atoms with van der Waals surface area (Å²) in [4.78, 5) is 10.4. The minimum atomic E-state index is -0.390. The fourth-order valence-corrected chi connectivity index (χ4v) is 2.36. The minimum Gasteiger partial charge on any atom is -0.496 e. The highest BCUT2D eigenvalue weighted by Gasteiger charge is 2.12. The normalized spacial score (nSPS) is 12.2. The summed E-state index contributed by atoms with van der Waals surface area (Å²) < 4.78 is 5.23. The van der Waals surface area contributed by atoms with Crippen molar-refractivity contribution in [2.75, 3.05) is 18.6 Å². The van der Waals surface area contributed by atoms with Gasteiger partial charge in [0.2, 0.25) is 0 Å². The Labute approximate surface area is 117 Å². The first-order valence-corrected chi connectivity index (χ1v) is 7.36. The molecule has 0 spiro atoms. The van der Waals surface area contributed by atoms with E-state index < -0.39 is 0 Å². The first kappa shape index (κ1) is 15.8. The van der Waals surface area contributed by atoms with Crippen LogP contribution in [0.25, 0.3) is 0 Å². The molecule has 1 aromatic rings. The average molecular weight is 284 g/mol. The van der Waals surface area contributed by atoms with Gasteiger partial charge >= 0.3 is 0 Å². The second-order valence-electron chi connectivity index (χ2n) is 4.19. The number of rotatable bonds is 8. The lowest BCUT2D eigenvalue weighted by molar-refractivity contribution is -0.384. The van der Waals surface area contributed by atoms with Gasteiger partial charge in [-0.25, -0.2) is 0 Å². The molecule has 0 fully saturated rings. The van der Waals surface area contributed by atoms with E-state index in [1.807, 2.05) is 11.8 Å². The van der Waals surface area contributed by atoms with Crippen molar-refractivity contribution in [3.8, 4) is 5.75 Å². The Morgan fingerprint density at radius 1 is 1.53 bits per heavy atom. The van der Waals surface area contributed by atoms with E-state index in [-0.39, 0.29) is 10.6 Å². The van der Waals surface area contributed by atoms with Crippen molar-refractivity contribution in [2.45, 2.75) is 26.4 Å². The van der Waals surface area contributed by atoms with E-state index in [0.29, 0.717) is 18.3 Å². The summed E-state index contributed by atoms with van der Waals surface area (Å²) in [5.74, 6) is 2.79. The molecule has 1 aromatic carbocycles. The predicted molar refractivity (Wildman–Crippen MR) is 78.9 cm³/mol. The van der Waals surface area contributed by atoms with Crippen LogP contribution in [0.4, 0.5) is 5.69 Å². The van der Waals surface area contributed by atoms with Gasteiger partial charge < -0.3 is 10.1 Å². The van der Waals surface area contributed by atoms with Gasteiger partial charge in [-0.05, 0) is 18.7 Å². The second kappa shape index (κ2) is 8.01. The van der Waals surface area contributed by atoms with E-state index in [9.17, 15) is 10.1 Å². The number of non-ortho nitro benzene ring substituents is 1. The van der Waals surface area contributed by atoms with Crippen molar-refractivity contribution in [2.24, 2.45) is 0 Å². The Bertz CT molecular complexity index is 426. The monoisotopic (exact) mass is 284 g/mol. The number of nitrogens with zero attached hydrogens (tertiary/aromatic N) is 1. The molecule has 6 heteroatoms. The highest BCUT2D eigenvalue weighted by atomic mass is 32.2. The van der Waals surface area contributed by atoms with Gasteiger partial charge in [0.05, 0.1) is 12.0 Å². The molecule has 5 nitrogen and oxygen atoms in total. The summed E-state index contributed by atoms with van der Waals surface area (Å²) >= 11 is 1.87.